The van der Waals surface area contributed by atoms with Crippen molar-refractivity contribution >= 4 is 5.91 Å². The van der Waals surface area contributed by atoms with Gasteiger partial charge in [-0.2, -0.15) is 13.2 Å². The molecule has 1 rings (SSSR count). The summed E-state index contributed by atoms with van der Waals surface area (Å²) < 4.78 is 62.5. The minimum atomic E-state index is -4.67. The molecule has 0 saturated carbocycles. The molecule has 0 unspecified atom stereocenters. The second-order valence-electron chi connectivity index (χ2n) is 3.72. The van der Waals surface area contributed by atoms with Crippen molar-refractivity contribution in [3.63, 3.8) is 0 Å². The van der Waals surface area contributed by atoms with Gasteiger partial charge in [-0.15, -0.1) is 0 Å². The second kappa shape index (κ2) is 5.96. The number of halogens is 5. The first-order chi connectivity index (χ1) is 8.73. The maximum absolute atomic E-state index is 12.9. The van der Waals surface area contributed by atoms with Gasteiger partial charge in [0.15, 0.2) is 0 Å². The normalized spacial score (nSPS) is 11.5. The Morgan fingerprint density at radius 3 is 2.11 bits per heavy atom. The molecule has 0 aliphatic carbocycles. The number of hydrogen-bond acceptors (Lipinski definition) is 2. The summed E-state index contributed by atoms with van der Waals surface area (Å²) in [6.07, 6.45) is -4.67. The summed E-state index contributed by atoms with van der Waals surface area (Å²) in [5.41, 5.74) is -0.546. The van der Waals surface area contributed by atoms with E-state index in [1.54, 1.807) is 0 Å². The largest absolute Gasteiger partial charge is 0.406 e. The monoisotopic (exact) mass is 283 g/mol. The van der Waals surface area contributed by atoms with Crippen LogP contribution >= 0.6 is 0 Å². The second-order valence-corrected chi connectivity index (χ2v) is 3.72. The molecule has 1 aromatic rings. The van der Waals surface area contributed by atoms with Gasteiger partial charge in [0.2, 0.25) is 0 Å². The molecule has 0 spiro atoms. The van der Waals surface area contributed by atoms with Crippen molar-refractivity contribution in [3.8, 4) is 0 Å². The summed E-state index contributed by atoms with van der Waals surface area (Å²) in [5.74, 6) is -3.34. The zero-order valence-electron chi connectivity index (χ0n) is 9.55. The Morgan fingerprint density at radius 2 is 1.68 bits per heavy atom. The van der Waals surface area contributed by atoms with Gasteiger partial charge in [-0.25, -0.2) is 8.78 Å². The van der Waals surface area contributed by atoms with Crippen LogP contribution in [0.25, 0.3) is 0 Å². The van der Waals surface area contributed by atoms with Gasteiger partial charge in [0.1, 0.15) is 18.2 Å². The summed E-state index contributed by atoms with van der Waals surface area (Å²) in [6, 6.07) is 1.76. The summed E-state index contributed by atoms with van der Waals surface area (Å²) >= 11 is 0. The average molecular weight is 283 g/mol. The van der Waals surface area contributed by atoms with Crippen molar-refractivity contribution in [3.05, 3.63) is 35.4 Å². The number of carbonyl (C=O) groups is 1. The van der Waals surface area contributed by atoms with Crippen LogP contribution in [0.1, 0.15) is 10.4 Å². The Balaban J connectivity index is 2.98. The van der Waals surface area contributed by atoms with Crippen molar-refractivity contribution in [1.82, 2.24) is 4.90 Å². The molecule has 0 aromatic heterocycles. The maximum Gasteiger partial charge on any atom is 0.406 e. The van der Waals surface area contributed by atoms with Gasteiger partial charge in [-0.1, -0.05) is 0 Å². The van der Waals surface area contributed by atoms with Gasteiger partial charge in [-0.3, -0.25) is 4.79 Å². The quantitative estimate of drug-likeness (QED) is 0.858. The van der Waals surface area contributed by atoms with Crippen LogP contribution < -0.4 is 0 Å². The van der Waals surface area contributed by atoms with Crippen LogP contribution in [-0.4, -0.2) is 41.8 Å². The molecule has 0 aliphatic heterocycles. The number of amides is 1. The number of benzene rings is 1. The minimum Gasteiger partial charge on any atom is -0.395 e. The Hall–Kier alpha value is -1.70. The van der Waals surface area contributed by atoms with Crippen LogP contribution in [0.3, 0.4) is 0 Å². The number of alkyl halides is 3. The molecule has 3 nitrogen and oxygen atoms in total. The fourth-order valence-corrected chi connectivity index (χ4v) is 1.45. The summed E-state index contributed by atoms with van der Waals surface area (Å²) in [7, 11) is 0. The molecule has 0 atom stereocenters. The van der Waals surface area contributed by atoms with Crippen molar-refractivity contribution in [2.24, 2.45) is 0 Å². The van der Waals surface area contributed by atoms with E-state index >= 15 is 0 Å². The molecule has 0 bridgehead atoms. The molecule has 1 aromatic carbocycles. The highest BCUT2D eigenvalue weighted by Crippen LogP contribution is 2.18. The highest BCUT2D eigenvalue weighted by molar-refractivity contribution is 5.94. The lowest BCUT2D eigenvalue weighted by molar-refractivity contribution is -0.141. The van der Waals surface area contributed by atoms with Crippen LogP contribution in [0.2, 0.25) is 0 Å². The fourth-order valence-electron chi connectivity index (χ4n) is 1.45. The van der Waals surface area contributed by atoms with E-state index in [1.807, 2.05) is 0 Å². The fraction of sp³-hybridized carbons (Fsp3) is 0.364. The molecule has 19 heavy (non-hydrogen) atoms. The Labute approximate surface area is 105 Å². The van der Waals surface area contributed by atoms with Crippen LogP contribution in [0.5, 0.6) is 0 Å². The lowest BCUT2D eigenvalue weighted by atomic mass is 10.2. The zero-order valence-corrected chi connectivity index (χ0v) is 9.55. The van der Waals surface area contributed by atoms with Gasteiger partial charge < -0.3 is 10.0 Å². The van der Waals surface area contributed by atoms with E-state index in [-0.39, 0.29) is 4.90 Å². The summed E-state index contributed by atoms with van der Waals surface area (Å²) in [4.78, 5) is 12.0. The lowest BCUT2D eigenvalue weighted by Crippen LogP contribution is -2.40. The number of carbonyl (C=O) groups excluding carboxylic acids is 1. The minimum absolute atomic E-state index is 0.272. The standard InChI is InChI=1S/C11H10F5NO2/c12-8-3-7(4-9(13)5-8)10(19)17(1-2-18)6-11(14,15)16/h3-5,18H,1-2,6H2. The smallest absolute Gasteiger partial charge is 0.395 e. The first-order valence-corrected chi connectivity index (χ1v) is 5.16. The molecular formula is C11H10F5NO2. The van der Waals surface area contributed by atoms with E-state index < -0.39 is 49.0 Å². The van der Waals surface area contributed by atoms with Crippen molar-refractivity contribution < 1.29 is 31.9 Å². The molecule has 1 N–H and O–H groups in total. The van der Waals surface area contributed by atoms with Gasteiger partial charge in [0.05, 0.1) is 6.61 Å². The summed E-state index contributed by atoms with van der Waals surface area (Å²) in [5, 5.41) is 8.63. The molecule has 1 amide bonds. The Kier molecular flexibility index (Phi) is 4.82. The predicted octanol–water partition coefficient (Wildman–Crippen LogP) is 1.96. The van der Waals surface area contributed by atoms with Crippen LogP contribution in [0, 0.1) is 11.6 Å². The first-order valence-electron chi connectivity index (χ1n) is 5.16. The third-order valence-electron chi connectivity index (χ3n) is 2.14. The van der Waals surface area contributed by atoms with E-state index in [1.165, 1.54) is 0 Å². The van der Waals surface area contributed by atoms with E-state index in [4.69, 9.17) is 5.11 Å². The van der Waals surface area contributed by atoms with Crippen molar-refractivity contribution in [2.45, 2.75) is 6.18 Å². The Bertz CT molecular complexity index is 441. The maximum atomic E-state index is 12.9. The van der Waals surface area contributed by atoms with Gasteiger partial charge in [0, 0.05) is 18.2 Å². The Morgan fingerprint density at radius 1 is 1.16 bits per heavy atom. The molecule has 0 heterocycles. The third kappa shape index (κ3) is 4.82. The van der Waals surface area contributed by atoms with Crippen LogP contribution in [0.15, 0.2) is 18.2 Å². The number of nitrogens with zero attached hydrogens (tertiary/aromatic N) is 1. The number of hydrogen-bond donors (Lipinski definition) is 1. The third-order valence-corrected chi connectivity index (χ3v) is 2.14. The van der Waals surface area contributed by atoms with E-state index in [0.717, 1.165) is 0 Å². The van der Waals surface area contributed by atoms with Gasteiger partial charge in [-0.05, 0) is 12.1 Å². The van der Waals surface area contributed by atoms with Crippen molar-refractivity contribution in [2.75, 3.05) is 19.7 Å². The summed E-state index contributed by atoms with van der Waals surface area (Å²) in [6.45, 7) is -2.89. The molecule has 0 aliphatic rings. The first kappa shape index (κ1) is 15.4. The number of rotatable bonds is 4. The van der Waals surface area contributed by atoms with Gasteiger partial charge in [0.25, 0.3) is 5.91 Å². The van der Waals surface area contributed by atoms with E-state index in [0.29, 0.717) is 18.2 Å². The molecule has 0 saturated heterocycles. The molecule has 106 valence electrons. The number of aliphatic hydroxyl groups excluding tert-OH is 1. The molecule has 0 radical (unpaired) electrons. The van der Waals surface area contributed by atoms with Gasteiger partial charge >= 0.3 is 6.18 Å². The zero-order chi connectivity index (χ0) is 14.6. The molecule has 0 fully saturated rings. The number of aliphatic hydroxyl groups is 1. The van der Waals surface area contributed by atoms with E-state index in [9.17, 15) is 26.7 Å². The average Bonchev–Trinajstić information content (AvgIpc) is 2.24. The molecular weight excluding hydrogens is 273 g/mol. The highest BCUT2D eigenvalue weighted by atomic mass is 19.4. The molecule has 8 heteroatoms. The lowest BCUT2D eigenvalue weighted by Gasteiger charge is -2.23. The van der Waals surface area contributed by atoms with Crippen molar-refractivity contribution in [1.29, 1.82) is 0 Å². The van der Waals surface area contributed by atoms with Crippen LogP contribution in [0.4, 0.5) is 22.0 Å². The van der Waals surface area contributed by atoms with E-state index in [2.05, 4.69) is 0 Å². The topological polar surface area (TPSA) is 40.5 Å². The predicted molar refractivity (Wildman–Crippen MR) is 55.4 cm³/mol. The van der Waals surface area contributed by atoms with Crippen LogP contribution in [-0.2, 0) is 0 Å². The highest BCUT2D eigenvalue weighted by Gasteiger charge is 2.33. The SMILES string of the molecule is O=C(c1cc(F)cc(F)c1)N(CCO)CC(F)(F)F.